The standard InChI is InChI=1S/C16H13BrN4O2/c17-12-7-11-14(16(23)18-9-3-4-9)20-21-15(11)19-13(12)8-1-5-10(22)6-2-8/h1-2,5-7,9,22H,3-4H2,(H,18,23)(H,19,20,21). The number of phenolic OH excluding ortho intramolecular Hbond substituents is 1. The van der Waals surface area contributed by atoms with Crippen LogP contribution in [0.4, 0.5) is 0 Å². The number of pyridine rings is 1. The molecule has 3 aromatic rings. The van der Waals surface area contributed by atoms with Crippen LogP contribution in [0.1, 0.15) is 23.3 Å². The van der Waals surface area contributed by atoms with Gasteiger partial charge in [0.15, 0.2) is 5.65 Å². The molecule has 0 atom stereocenters. The fourth-order valence-corrected chi connectivity index (χ4v) is 2.94. The molecule has 3 N–H and O–H groups in total. The fraction of sp³-hybridized carbons (Fsp3) is 0.188. The van der Waals surface area contributed by atoms with Crippen LogP contribution in [0.25, 0.3) is 22.3 Å². The molecule has 1 saturated carbocycles. The second kappa shape index (κ2) is 5.34. The van der Waals surface area contributed by atoms with Gasteiger partial charge in [0.05, 0.1) is 11.1 Å². The summed E-state index contributed by atoms with van der Waals surface area (Å²) in [5.41, 5.74) is 2.47. The van der Waals surface area contributed by atoms with E-state index in [2.05, 4.69) is 36.4 Å². The minimum absolute atomic E-state index is 0.152. The minimum atomic E-state index is -0.152. The van der Waals surface area contributed by atoms with E-state index in [0.717, 1.165) is 22.9 Å². The number of hydrogen-bond acceptors (Lipinski definition) is 4. The molecule has 0 bridgehead atoms. The summed E-state index contributed by atoms with van der Waals surface area (Å²) in [6, 6.07) is 8.90. The zero-order valence-electron chi connectivity index (χ0n) is 12.0. The number of rotatable bonds is 3. The van der Waals surface area contributed by atoms with Crippen LogP contribution in [0.5, 0.6) is 5.75 Å². The van der Waals surface area contributed by atoms with Crippen molar-refractivity contribution in [1.82, 2.24) is 20.5 Å². The summed E-state index contributed by atoms with van der Waals surface area (Å²) in [5.74, 6) is 0.0471. The van der Waals surface area contributed by atoms with Gasteiger partial charge in [0.2, 0.25) is 0 Å². The molecule has 7 heteroatoms. The molecule has 2 heterocycles. The van der Waals surface area contributed by atoms with Crippen LogP contribution < -0.4 is 5.32 Å². The third-order valence-corrected chi connectivity index (χ3v) is 4.38. The highest BCUT2D eigenvalue weighted by Gasteiger charge is 2.26. The third kappa shape index (κ3) is 2.68. The number of aromatic nitrogens is 3. The number of aromatic amines is 1. The Labute approximate surface area is 140 Å². The van der Waals surface area contributed by atoms with Gasteiger partial charge in [-0.05, 0) is 59.1 Å². The number of hydrogen-bond donors (Lipinski definition) is 3. The molecule has 0 unspecified atom stereocenters. The monoisotopic (exact) mass is 372 g/mol. The summed E-state index contributed by atoms with van der Waals surface area (Å²) in [5, 5.41) is 19.9. The Morgan fingerprint density at radius 2 is 2.04 bits per heavy atom. The van der Waals surface area contributed by atoms with Gasteiger partial charge in [0.1, 0.15) is 11.4 Å². The van der Waals surface area contributed by atoms with Crippen molar-refractivity contribution in [2.75, 3.05) is 0 Å². The summed E-state index contributed by atoms with van der Waals surface area (Å²) in [6.45, 7) is 0. The Morgan fingerprint density at radius 1 is 1.30 bits per heavy atom. The molecule has 4 rings (SSSR count). The number of carbonyl (C=O) groups excluding carboxylic acids is 1. The largest absolute Gasteiger partial charge is 0.508 e. The molecule has 6 nitrogen and oxygen atoms in total. The Balaban J connectivity index is 1.76. The predicted molar refractivity (Wildman–Crippen MR) is 89.2 cm³/mol. The lowest BCUT2D eigenvalue weighted by Gasteiger charge is -2.05. The van der Waals surface area contributed by atoms with Gasteiger partial charge in [-0.15, -0.1) is 0 Å². The van der Waals surface area contributed by atoms with E-state index in [1.54, 1.807) is 24.3 Å². The van der Waals surface area contributed by atoms with E-state index in [-0.39, 0.29) is 17.7 Å². The Bertz CT molecular complexity index is 900. The number of fused-ring (bicyclic) bond motifs is 1. The first-order valence-electron chi connectivity index (χ1n) is 7.27. The maximum atomic E-state index is 12.2. The number of nitrogens with zero attached hydrogens (tertiary/aromatic N) is 2. The van der Waals surface area contributed by atoms with E-state index < -0.39 is 0 Å². The highest BCUT2D eigenvalue weighted by molar-refractivity contribution is 9.10. The van der Waals surface area contributed by atoms with Crippen LogP contribution in [0.3, 0.4) is 0 Å². The van der Waals surface area contributed by atoms with E-state index in [9.17, 15) is 9.90 Å². The van der Waals surface area contributed by atoms with Crippen LogP contribution >= 0.6 is 15.9 Å². The quantitative estimate of drug-likeness (QED) is 0.658. The molecule has 1 aliphatic rings. The lowest BCUT2D eigenvalue weighted by molar-refractivity contribution is 0.0947. The van der Waals surface area contributed by atoms with Gasteiger partial charge in [-0.3, -0.25) is 9.89 Å². The molecule has 1 fully saturated rings. The number of halogens is 1. The molecular formula is C16H13BrN4O2. The Kier molecular flexibility index (Phi) is 3.30. The van der Waals surface area contributed by atoms with Gasteiger partial charge in [-0.2, -0.15) is 5.10 Å². The molecule has 116 valence electrons. The van der Waals surface area contributed by atoms with Gasteiger partial charge in [0, 0.05) is 16.1 Å². The maximum Gasteiger partial charge on any atom is 0.270 e. The smallest absolute Gasteiger partial charge is 0.270 e. The number of H-pyrrole nitrogens is 1. The fourth-order valence-electron chi connectivity index (χ4n) is 2.40. The summed E-state index contributed by atoms with van der Waals surface area (Å²) < 4.78 is 0.762. The van der Waals surface area contributed by atoms with E-state index in [1.807, 2.05) is 6.07 Å². The van der Waals surface area contributed by atoms with Crippen molar-refractivity contribution in [3.8, 4) is 17.0 Å². The molecule has 1 amide bonds. The summed E-state index contributed by atoms with van der Waals surface area (Å²) in [6.07, 6.45) is 2.06. The second-order valence-corrected chi connectivity index (χ2v) is 6.44. The average molecular weight is 373 g/mol. The second-order valence-electron chi connectivity index (χ2n) is 5.58. The number of phenols is 1. The number of benzene rings is 1. The number of carbonyl (C=O) groups is 1. The Hall–Kier alpha value is -2.41. The first-order valence-corrected chi connectivity index (χ1v) is 8.06. The van der Waals surface area contributed by atoms with Crippen molar-refractivity contribution in [2.45, 2.75) is 18.9 Å². The maximum absolute atomic E-state index is 12.2. The van der Waals surface area contributed by atoms with Crippen molar-refractivity contribution < 1.29 is 9.90 Å². The van der Waals surface area contributed by atoms with Crippen LogP contribution in [0, 0.1) is 0 Å². The molecular weight excluding hydrogens is 360 g/mol. The number of amides is 1. The zero-order chi connectivity index (χ0) is 16.0. The molecule has 1 aromatic carbocycles. The summed E-state index contributed by atoms with van der Waals surface area (Å²) >= 11 is 3.51. The number of nitrogens with one attached hydrogen (secondary N) is 2. The SMILES string of the molecule is O=C(NC1CC1)c1[nH]nc2nc(-c3ccc(O)cc3)c(Br)cc12. The first kappa shape index (κ1) is 14.2. The van der Waals surface area contributed by atoms with Crippen LogP contribution in [0.15, 0.2) is 34.8 Å². The number of aromatic hydroxyl groups is 1. The van der Waals surface area contributed by atoms with Gasteiger partial charge in [-0.1, -0.05) is 0 Å². The zero-order valence-corrected chi connectivity index (χ0v) is 13.6. The van der Waals surface area contributed by atoms with Gasteiger partial charge in [0.25, 0.3) is 5.91 Å². The molecule has 0 radical (unpaired) electrons. The highest BCUT2D eigenvalue weighted by atomic mass is 79.9. The van der Waals surface area contributed by atoms with Gasteiger partial charge in [-0.25, -0.2) is 4.98 Å². The molecule has 1 aliphatic carbocycles. The average Bonchev–Trinajstić information content (AvgIpc) is 3.25. The van der Waals surface area contributed by atoms with Crippen molar-refractivity contribution in [3.05, 3.63) is 40.5 Å². The molecule has 2 aromatic heterocycles. The van der Waals surface area contributed by atoms with E-state index in [4.69, 9.17) is 0 Å². The molecule has 0 spiro atoms. The predicted octanol–water partition coefficient (Wildman–Crippen LogP) is 2.99. The highest BCUT2D eigenvalue weighted by Crippen LogP contribution is 2.31. The summed E-state index contributed by atoms with van der Waals surface area (Å²) in [4.78, 5) is 16.7. The topological polar surface area (TPSA) is 90.9 Å². The van der Waals surface area contributed by atoms with Crippen LogP contribution in [-0.2, 0) is 0 Å². The van der Waals surface area contributed by atoms with E-state index >= 15 is 0 Å². The van der Waals surface area contributed by atoms with E-state index in [1.165, 1.54) is 0 Å². The van der Waals surface area contributed by atoms with Crippen molar-refractivity contribution >= 4 is 32.9 Å². The first-order chi connectivity index (χ1) is 11.1. The van der Waals surface area contributed by atoms with Gasteiger partial charge < -0.3 is 10.4 Å². The lowest BCUT2D eigenvalue weighted by atomic mass is 10.1. The third-order valence-electron chi connectivity index (χ3n) is 3.78. The van der Waals surface area contributed by atoms with Gasteiger partial charge >= 0.3 is 0 Å². The van der Waals surface area contributed by atoms with Crippen molar-refractivity contribution in [3.63, 3.8) is 0 Å². The molecule has 23 heavy (non-hydrogen) atoms. The normalized spacial score (nSPS) is 14.1. The Morgan fingerprint density at radius 3 is 2.74 bits per heavy atom. The molecule has 0 aliphatic heterocycles. The lowest BCUT2D eigenvalue weighted by Crippen LogP contribution is -2.25. The van der Waals surface area contributed by atoms with Crippen molar-refractivity contribution in [1.29, 1.82) is 0 Å². The summed E-state index contributed by atoms with van der Waals surface area (Å²) in [7, 11) is 0. The minimum Gasteiger partial charge on any atom is -0.508 e. The van der Waals surface area contributed by atoms with Crippen molar-refractivity contribution in [2.24, 2.45) is 0 Å². The molecule has 0 saturated heterocycles. The van der Waals surface area contributed by atoms with Crippen LogP contribution in [-0.4, -0.2) is 32.2 Å². The van der Waals surface area contributed by atoms with Crippen LogP contribution in [0.2, 0.25) is 0 Å². The van der Waals surface area contributed by atoms with E-state index in [0.29, 0.717) is 22.4 Å².